The summed E-state index contributed by atoms with van der Waals surface area (Å²) >= 11 is 1.54. The first-order valence-electron chi connectivity index (χ1n) is 6.20. The van der Waals surface area contributed by atoms with Crippen molar-refractivity contribution in [1.82, 2.24) is 10.5 Å². The van der Waals surface area contributed by atoms with E-state index in [4.69, 9.17) is 14.7 Å². The summed E-state index contributed by atoms with van der Waals surface area (Å²) in [5.41, 5.74) is 5.16. The average Bonchev–Trinajstić information content (AvgIpc) is 3.08. The fraction of sp³-hybridized carbons (Fsp3) is 0.231. The molecule has 0 atom stereocenters. The maximum absolute atomic E-state index is 8.54. The minimum Gasteiger partial charge on any atom is -0.454 e. The molecule has 2 aliphatic rings. The van der Waals surface area contributed by atoms with E-state index < -0.39 is 0 Å². The number of hydrogen-bond acceptors (Lipinski definition) is 6. The number of hydrogen-bond donors (Lipinski definition) is 2. The Morgan fingerprint density at radius 3 is 3.00 bits per heavy atom. The van der Waals surface area contributed by atoms with Crippen LogP contribution in [0.15, 0.2) is 17.1 Å². The molecule has 1 aromatic heterocycles. The number of nitrogens with one attached hydrogen (secondary N) is 1. The zero-order valence-electron chi connectivity index (χ0n) is 10.4. The number of thiazole rings is 1. The lowest BCUT2D eigenvalue weighted by Crippen LogP contribution is -2.02. The molecule has 2 aromatic rings. The van der Waals surface area contributed by atoms with Crippen LogP contribution in [0.5, 0.6) is 11.5 Å². The first kappa shape index (κ1) is 11.7. The van der Waals surface area contributed by atoms with Crippen LogP contribution >= 0.6 is 11.3 Å². The van der Waals surface area contributed by atoms with Crippen LogP contribution in [0, 0.1) is 0 Å². The minimum absolute atomic E-state index is 0.278. The van der Waals surface area contributed by atoms with Crippen molar-refractivity contribution in [3.05, 3.63) is 22.6 Å². The highest BCUT2D eigenvalue weighted by atomic mass is 32.1. The number of benzene rings is 1. The van der Waals surface area contributed by atoms with Crippen molar-refractivity contribution in [2.45, 2.75) is 12.8 Å². The maximum atomic E-state index is 8.54. The second-order valence-corrected chi connectivity index (χ2v) is 5.58. The minimum atomic E-state index is 0.278. The summed E-state index contributed by atoms with van der Waals surface area (Å²) in [6.45, 7) is 0.278. The van der Waals surface area contributed by atoms with Gasteiger partial charge in [-0.1, -0.05) is 11.3 Å². The number of aryl methyl sites for hydroxylation is 2. The normalized spacial score (nSPS) is 15.2. The Kier molecular flexibility index (Phi) is 2.61. The quantitative estimate of drug-likeness (QED) is 0.504. The molecule has 0 spiro atoms. The average molecular weight is 289 g/mol. The van der Waals surface area contributed by atoms with Crippen LogP contribution in [0.4, 0.5) is 5.13 Å². The highest BCUT2D eigenvalue weighted by Crippen LogP contribution is 2.44. The van der Waals surface area contributed by atoms with Crippen LogP contribution in [-0.4, -0.2) is 23.3 Å². The van der Waals surface area contributed by atoms with E-state index in [-0.39, 0.29) is 6.79 Å². The fourth-order valence-corrected chi connectivity index (χ4v) is 3.44. The van der Waals surface area contributed by atoms with Gasteiger partial charge in [-0.15, -0.1) is 0 Å². The molecule has 20 heavy (non-hydrogen) atoms. The van der Waals surface area contributed by atoms with Gasteiger partial charge in [0.25, 0.3) is 0 Å². The molecule has 0 unspecified atom stereocenters. The Hall–Kier alpha value is -2.12. The Bertz CT molecular complexity index is 711. The standard InChI is InChI=1S/C13H11N3O3S/c17-15-5-14-13-16-12-8-4-10-9(18-6-19-10)3-7(8)1-2-11(12)20-13/h3-5,17H,1-2,6H2,(H,14,15,16). The van der Waals surface area contributed by atoms with Crippen LogP contribution in [0.3, 0.4) is 0 Å². The maximum Gasteiger partial charge on any atom is 0.231 e. The molecule has 102 valence electrons. The summed E-state index contributed by atoms with van der Waals surface area (Å²) in [6.07, 6.45) is 3.12. The van der Waals surface area contributed by atoms with Crippen molar-refractivity contribution in [2.75, 3.05) is 6.79 Å². The van der Waals surface area contributed by atoms with Crippen molar-refractivity contribution < 1.29 is 14.7 Å². The zero-order valence-corrected chi connectivity index (χ0v) is 11.2. The molecule has 6 nitrogen and oxygen atoms in total. The number of rotatable bonds is 2. The summed E-state index contributed by atoms with van der Waals surface area (Å²) in [6, 6.07) is 4.03. The molecule has 0 bridgehead atoms. The van der Waals surface area contributed by atoms with E-state index in [1.54, 1.807) is 0 Å². The molecular formula is C13H11N3O3S. The van der Waals surface area contributed by atoms with Gasteiger partial charge in [-0.05, 0) is 30.5 Å². The van der Waals surface area contributed by atoms with Crippen molar-refractivity contribution in [3.63, 3.8) is 0 Å². The SMILES string of the molecule is ONC=Nc1nc2c(s1)CCc1cc3c(cc1-2)OCO3. The molecule has 4 rings (SSSR count). The van der Waals surface area contributed by atoms with Crippen molar-refractivity contribution in [2.24, 2.45) is 4.99 Å². The zero-order chi connectivity index (χ0) is 13.5. The summed E-state index contributed by atoms with van der Waals surface area (Å²) < 4.78 is 10.8. The van der Waals surface area contributed by atoms with E-state index in [0.717, 1.165) is 35.6 Å². The number of hydroxylamine groups is 1. The van der Waals surface area contributed by atoms with Gasteiger partial charge < -0.3 is 9.47 Å². The molecule has 2 N–H and O–H groups in total. The van der Waals surface area contributed by atoms with Crippen molar-refractivity contribution in [1.29, 1.82) is 0 Å². The van der Waals surface area contributed by atoms with E-state index in [9.17, 15) is 0 Å². The van der Waals surface area contributed by atoms with E-state index in [1.807, 2.05) is 17.6 Å². The van der Waals surface area contributed by atoms with Crippen LogP contribution in [-0.2, 0) is 12.8 Å². The Balaban J connectivity index is 1.82. The van der Waals surface area contributed by atoms with Crippen LogP contribution in [0.25, 0.3) is 11.3 Å². The van der Waals surface area contributed by atoms with Gasteiger partial charge in [0, 0.05) is 10.4 Å². The second-order valence-electron chi connectivity index (χ2n) is 4.52. The predicted molar refractivity (Wildman–Crippen MR) is 74.2 cm³/mol. The van der Waals surface area contributed by atoms with Gasteiger partial charge in [-0.2, -0.15) is 0 Å². The first-order valence-corrected chi connectivity index (χ1v) is 7.01. The second kappa shape index (κ2) is 4.46. The van der Waals surface area contributed by atoms with Crippen molar-refractivity contribution in [3.8, 4) is 22.8 Å². The van der Waals surface area contributed by atoms with Crippen LogP contribution in [0.1, 0.15) is 10.4 Å². The number of fused-ring (bicyclic) bond motifs is 4. The van der Waals surface area contributed by atoms with Gasteiger partial charge in [0.15, 0.2) is 11.5 Å². The van der Waals surface area contributed by atoms with E-state index in [0.29, 0.717) is 5.13 Å². The molecule has 2 heterocycles. The molecule has 0 fully saturated rings. The Labute approximate surface area is 118 Å². The predicted octanol–water partition coefficient (Wildman–Crippen LogP) is 2.28. The van der Waals surface area contributed by atoms with Gasteiger partial charge >= 0.3 is 0 Å². The molecule has 7 heteroatoms. The molecule has 1 aliphatic carbocycles. The van der Waals surface area contributed by atoms with Crippen LogP contribution < -0.4 is 15.0 Å². The Morgan fingerprint density at radius 2 is 2.15 bits per heavy atom. The highest BCUT2D eigenvalue weighted by Gasteiger charge is 2.25. The lowest BCUT2D eigenvalue weighted by molar-refractivity contribution is 0.174. The monoisotopic (exact) mass is 289 g/mol. The molecule has 0 radical (unpaired) electrons. The third kappa shape index (κ3) is 1.75. The first-order chi connectivity index (χ1) is 9.85. The third-order valence-corrected chi connectivity index (χ3v) is 4.42. The smallest absolute Gasteiger partial charge is 0.231 e. The lowest BCUT2D eigenvalue weighted by Gasteiger charge is -2.15. The molecule has 0 saturated heterocycles. The molecular weight excluding hydrogens is 278 g/mol. The summed E-state index contributed by atoms with van der Waals surface area (Å²) in [5.74, 6) is 1.58. The molecule has 0 amide bonds. The molecule has 1 aliphatic heterocycles. The molecule has 0 saturated carbocycles. The van der Waals surface area contributed by atoms with Gasteiger partial charge in [0.05, 0.1) is 5.69 Å². The largest absolute Gasteiger partial charge is 0.454 e. The fourth-order valence-electron chi connectivity index (χ4n) is 2.52. The van der Waals surface area contributed by atoms with Gasteiger partial charge in [0.2, 0.25) is 11.9 Å². The highest BCUT2D eigenvalue weighted by molar-refractivity contribution is 7.15. The van der Waals surface area contributed by atoms with E-state index in [1.165, 1.54) is 28.1 Å². The number of ether oxygens (including phenoxy) is 2. The summed E-state index contributed by atoms with van der Waals surface area (Å²) in [5, 5.41) is 9.17. The Morgan fingerprint density at radius 1 is 1.30 bits per heavy atom. The number of aromatic nitrogens is 1. The number of nitrogens with zero attached hydrogens (tertiary/aromatic N) is 2. The molecule has 1 aromatic carbocycles. The summed E-state index contributed by atoms with van der Waals surface area (Å²) in [4.78, 5) is 9.78. The third-order valence-electron chi connectivity index (χ3n) is 3.39. The van der Waals surface area contributed by atoms with Gasteiger partial charge in [-0.25, -0.2) is 9.98 Å². The topological polar surface area (TPSA) is 76.0 Å². The van der Waals surface area contributed by atoms with Crippen LogP contribution in [0.2, 0.25) is 0 Å². The number of aliphatic imine (C=N–C) groups is 1. The van der Waals surface area contributed by atoms with E-state index >= 15 is 0 Å². The van der Waals surface area contributed by atoms with E-state index in [2.05, 4.69) is 9.98 Å². The van der Waals surface area contributed by atoms with Crippen molar-refractivity contribution >= 4 is 22.8 Å². The lowest BCUT2D eigenvalue weighted by atomic mass is 9.93. The summed E-state index contributed by atoms with van der Waals surface area (Å²) in [7, 11) is 0. The van der Waals surface area contributed by atoms with Gasteiger partial charge in [-0.3, -0.25) is 10.7 Å². The van der Waals surface area contributed by atoms with Gasteiger partial charge in [0.1, 0.15) is 6.34 Å².